The van der Waals surface area contributed by atoms with Crippen LogP contribution in [-0.2, 0) is 0 Å². The minimum Gasteiger partial charge on any atom is -0.497 e. The fourth-order valence-electron chi connectivity index (χ4n) is 2.41. The molecule has 0 atom stereocenters. The van der Waals surface area contributed by atoms with Crippen molar-refractivity contribution in [3.05, 3.63) is 47.9 Å². The molecule has 0 saturated carbocycles. The molecule has 0 spiro atoms. The molecule has 1 aromatic heterocycles. The maximum Gasteiger partial charge on any atom is 0.255 e. The van der Waals surface area contributed by atoms with E-state index in [-0.39, 0.29) is 11.8 Å². The van der Waals surface area contributed by atoms with Crippen molar-refractivity contribution in [1.82, 2.24) is 4.98 Å². The van der Waals surface area contributed by atoms with E-state index in [1.807, 2.05) is 13.8 Å². The molecule has 0 fully saturated rings. The van der Waals surface area contributed by atoms with Crippen LogP contribution in [-0.4, -0.2) is 25.1 Å². The first-order valence-electron chi connectivity index (χ1n) is 7.95. The van der Waals surface area contributed by atoms with Crippen molar-refractivity contribution >= 4 is 22.7 Å². The number of carbonyl (C=O) groups excluding carboxylic acids is 1. The van der Waals surface area contributed by atoms with Gasteiger partial charge in [0.15, 0.2) is 11.5 Å². The molecular weight excluding hydrogens is 320 g/mol. The van der Waals surface area contributed by atoms with Gasteiger partial charge < -0.3 is 19.2 Å². The van der Waals surface area contributed by atoms with Gasteiger partial charge in [-0.15, -0.1) is 0 Å². The summed E-state index contributed by atoms with van der Waals surface area (Å²) < 4.78 is 16.1. The van der Waals surface area contributed by atoms with E-state index < -0.39 is 0 Å². The molecule has 0 unspecified atom stereocenters. The molecule has 0 radical (unpaired) electrons. The molecule has 0 aliphatic heterocycles. The van der Waals surface area contributed by atoms with Gasteiger partial charge in [0, 0.05) is 35.4 Å². The minimum atomic E-state index is -0.250. The summed E-state index contributed by atoms with van der Waals surface area (Å²) in [6, 6.07) is 10.4. The van der Waals surface area contributed by atoms with Gasteiger partial charge in [0.2, 0.25) is 0 Å². The van der Waals surface area contributed by atoms with Crippen molar-refractivity contribution in [3.8, 4) is 11.5 Å². The lowest BCUT2D eigenvalue weighted by Crippen LogP contribution is -2.11. The Morgan fingerprint density at radius 1 is 1.08 bits per heavy atom. The zero-order chi connectivity index (χ0) is 18.0. The van der Waals surface area contributed by atoms with E-state index in [1.165, 1.54) is 0 Å². The second-order valence-corrected chi connectivity index (χ2v) is 5.94. The smallest absolute Gasteiger partial charge is 0.255 e. The number of hydrogen-bond donors (Lipinski definition) is 1. The molecule has 0 bridgehead atoms. The first kappa shape index (κ1) is 16.8. The SMILES string of the molecule is COc1cc(NC(=O)c2ccc3nc(C(C)C)oc3c2)cc(OC)c1. The average molecular weight is 340 g/mol. The predicted molar refractivity (Wildman–Crippen MR) is 95.6 cm³/mol. The fourth-order valence-corrected chi connectivity index (χ4v) is 2.41. The molecule has 0 aliphatic carbocycles. The number of aromatic nitrogens is 1. The van der Waals surface area contributed by atoms with Crippen molar-refractivity contribution in [2.45, 2.75) is 19.8 Å². The van der Waals surface area contributed by atoms with E-state index >= 15 is 0 Å². The summed E-state index contributed by atoms with van der Waals surface area (Å²) >= 11 is 0. The topological polar surface area (TPSA) is 73.6 Å². The minimum absolute atomic E-state index is 0.189. The Bertz CT molecular complexity index is 893. The highest BCUT2D eigenvalue weighted by molar-refractivity contribution is 6.05. The van der Waals surface area contributed by atoms with Crippen molar-refractivity contribution in [3.63, 3.8) is 0 Å². The Morgan fingerprint density at radius 3 is 2.36 bits per heavy atom. The molecule has 3 aromatic rings. The summed E-state index contributed by atoms with van der Waals surface area (Å²) in [5.74, 6) is 1.79. The summed E-state index contributed by atoms with van der Waals surface area (Å²) in [4.78, 5) is 17.0. The van der Waals surface area contributed by atoms with Crippen LogP contribution in [0.1, 0.15) is 36.0 Å². The number of methoxy groups -OCH3 is 2. The first-order valence-corrected chi connectivity index (χ1v) is 7.95. The quantitative estimate of drug-likeness (QED) is 0.753. The molecule has 1 heterocycles. The Kier molecular flexibility index (Phi) is 4.61. The van der Waals surface area contributed by atoms with E-state index in [0.29, 0.717) is 34.2 Å². The Hall–Kier alpha value is -3.02. The number of carbonyl (C=O) groups is 1. The highest BCUT2D eigenvalue weighted by Gasteiger charge is 2.13. The third-order valence-corrected chi connectivity index (χ3v) is 3.77. The van der Waals surface area contributed by atoms with Crippen LogP contribution < -0.4 is 14.8 Å². The molecule has 25 heavy (non-hydrogen) atoms. The standard InChI is InChI=1S/C19H20N2O4/c1-11(2)19-21-16-6-5-12(7-17(16)25-19)18(22)20-13-8-14(23-3)10-15(9-13)24-4/h5-11H,1-4H3,(H,20,22). The second-order valence-electron chi connectivity index (χ2n) is 5.94. The second kappa shape index (κ2) is 6.84. The number of amides is 1. The van der Waals surface area contributed by atoms with E-state index in [9.17, 15) is 4.79 Å². The van der Waals surface area contributed by atoms with Crippen LogP contribution in [0.15, 0.2) is 40.8 Å². The molecule has 6 heteroatoms. The number of oxazole rings is 1. The number of anilines is 1. The Labute approximate surface area is 145 Å². The predicted octanol–water partition coefficient (Wildman–Crippen LogP) is 4.22. The Morgan fingerprint density at radius 2 is 1.76 bits per heavy atom. The van der Waals surface area contributed by atoms with Gasteiger partial charge in [-0.2, -0.15) is 0 Å². The van der Waals surface area contributed by atoms with Gasteiger partial charge in [0.25, 0.3) is 5.91 Å². The normalized spacial score (nSPS) is 10.9. The number of benzene rings is 2. The van der Waals surface area contributed by atoms with E-state index in [2.05, 4.69) is 10.3 Å². The zero-order valence-corrected chi connectivity index (χ0v) is 14.6. The molecule has 1 amide bonds. The summed E-state index contributed by atoms with van der Waals surface area (Å²) in [5.41, 5.74) is 2.41. The number of nitrogens with zero attached hydrogens (tertiary/aromatic N) is 1. The van der Waals surface area contributed by atoms with Gasteiger partial charge in [-0.05, 0) is 18.2 Å². The van der Waals surface area contributed by atoms with Crippen LogP contribution in [0.2, 0.25) is 0 Å². The Balaban J connectivity index is 1.87. The highest BCUT2D eigenvalue weighted by atomic mass is 16.5. The molecule has 130 valence electrons. The van der Waals surface area contributed by atoms with Crippen molar-refractivity contribution in [2.24, 2.45) is 0 Å². The average Bonchev–Trinajstić information content (AvgIpc) is 3.04. The molecule has 6 nitrogen and oxygen atoms in total. The van der Waals surface area contributed by atoms with Crippen LogP contribution >= 0.6 is 0 Å². The molecule has 0 aliphatic rings. The lowest BCUT2D eigenvalue weighted by atomic mass is 10.2. The number of rotatable bonds is 5. The highest BCUT2D eigenvalue weighted by Crippen LogP contribution is 2.27. The van der Waals surface area contributed by atoms with Gasteiger partial charge >= 0.3 is 0 Å². The molecular formula is C19H20N2O4. The zero-order valence-electron chi connectivity index (χ0n) is 14.6. The largest absolute Gasteiger partial charge is 0.497 e. The lowest BCUT2D eigenvalue weighted by molar-refractivity contribution is 0.102. The molecule has 1 N–H and O–H groups in total. The van der Waals surface area contributed by atoms with Crippen LogP contribution in [0.3, 0.4) is 0 Å². The van der Waals surface area contributed by atoms with Gasteiger partial charge in [-0.25, -0.2) is 4.98 Å². The van der Waals surface area contributed by atoms with Crippen molar-refractivity contribution in [2.75, 3.05) is 19.5 Å². The van der Waals surface area contributed by atoms with Crippen LogP contribution in [0, 0.1) is 0 Å². The van der Waals surface area contributed by atoms with E-state index in [4.69, 9.17) is 13.9 Å². The number of hydrogen-bond acceptors (Lipinski definition) is 5. The van der Waals surface area contributed by atoms with Gasteiger partial charge in [0.1, 0.15) is 17.0 Å². The summed E-state index contributed by atoms with van der Waals surface area (Å²) in [6.45, 7) is 4.02. The molecule has 0 saturated heterocycles. The fraction of sp³-hybridized carbons (Fsp3) is 0.263. The van der Waals surface area contributed by atoms with Gasteiger partial charge in [0.05, 0.1) is 14.2 Å². The maximum atomic E-state index is 12.5. The summed E-state index contributed by atoms with van der Waals surface area (Å²) in [7, 11) is 3.12. The monoisotopic (exact) mass is 340 g/mol. The third-order valence-electron chi connectivity index (χ3n) is 3.77. The molecule has 3 rings (SSSR count). The van der Waals surface area contributed by atoms with Crippen molar-refractivity contribution in [1.29, 1.82) is 0 Å². The molecule has 2 aromatic carbocycles. The van der Waals surface area contributed by atoms with Gasteiger partial charge in [-0.1, -0.05) is 13.8 Å². The summed E-state index contributed by atoms with van der Waals surface area (Å²) in [6.07, 6.45) is 0. The number of fused-ring (bicyclic) bond motifs is 1. The van der Waals surface area contributed by atoms with Crippen LogP contribution in [0.5, 0.6) is 11.5 Å². The van der Waals surface area contributed by atoms with Gasteiger partial charge in [-0.3, -0.25) is 4.79 Å². The van der Waals surface area contributed by atoms with E-state index in [0.717, 1.165) is 5.52 Å². The van der Waals surface area contributed by atoms with E-state index in [1.54, 1.807) is 50.6 Å². The number of nitrogens with one attached hydrogen (secondary N) is 1. The number of ether oxygens (including phenoxy) is 2. The summed E-state index contributed by atoms with van der Waals surface area (Å²) in [5, 5.41) is 2.84. The third kappa shape index (κ3) is 3.57. The first-order chi connectivity index (χ1) is 12.0. The van der Waals surface area contributed by atoms with Crippen LogP contribution in [0.4, 0.5) is 5.69 Å². The maximum absolute atomic E-state index is 12.5. The van der Waals surface area contributed by atoms with Crippen LogP contribution in [0.25, 0.3) is 11.1 Å². The van der Waals surface area contributed by atoms with Crippen molar-refractivity contribution < 1.29 is 18.7 Å². The lowest BCUT2D eigenvalue weighted by Gasteiger charge is -2.10.